The van der Waals surface area contributed by atoms with Crippen LogP contribution in [-0.2, 0) is 20.6 Å². The summed E-state index contributed by atoms with van der Waals surface area (Å²) in [6.45, 7) is 0.178. The van der Waals surface area contributed by atoms with E-state index >= 15 is 0 Å². The monoisotopic (exact) mass is 516 g/mol. The first kappa shape index (κ1) is 24.4. The molecule has 0 bridgehead atoms. The third-order valence-electron chi connectivity index (χ3n) is 5.79. The number of hydrogen-bond acceptors (Lipinski definition) is 8. The number of carbonyl (C=O) groups is 1. The second-order valence-corrected chi connectivity index (χ2v) is 8.33. The van der Waals surface area contributed by atoms with E-state index in [0.29, 0.717) is 16.9 Å². The normalized spacial score (nSPS) is 11.3. The number of fused-ring (bicyclic) bond motifs is 1. The van der Waals surface area contributed by atoms with Gasteiger partial charge in [0, 0.05) is 14.1 Å². The molecule has 0 fully saturated rings. The molecule has 3 heterocycles. The Kier molecular flexibility index (Phi) is 6.44. The fourth-order valence-corrected chi connectivity index (χ4v) is 3.80. The average molecular weight is 516 g/mol. The first-order valence-corrected chi connectivity index (χ1v) is 11.4. The van der Waals surface area contributed by atoms with Gasteiger partial charge in [-0.25, -0.2) is 19.4 Å². The minimum atomic E-state index is -0.612. The van der Waals surface area contributed by atoms with Crippen molar-refractivity contribution in [2.24, 2.45) is 19.2 Å². The van der Waals surface area contributed by atoms with Crippen molar-refractivity contribution in [2.45, 2.75) is 6.54 Å². The molecular weight excluding hydrogens is 495 g/mol. The van der Waals surface area contributed by atoms with Gasteiger partial charge in [-0.2, -0.15) is 10.1 Å². The highest BCUT2D eigenvalue weighted by Gasteiger charge is 2.19. The number of hydrazone groups is 1. The number of aromatic nitrogens is 4. The number of rotatable bonds is 7. The van der Waals surface area contributed by atoms with Crippen LogP contribution < -0.4 is 21.4 Å². The number of esters is 1. The van der Waals surface area contributed by atoms with Crippen molar-refractivity contribution in [3.05, 3.63) is 110 Å². The van der Waals surface area contributed by atoms with Gasteiger partial charge in [-0.05, 0) is 59.7 Å². The number of anilines is 1. The molecule has 0 amide bonds. The van der Waals surface area contributed by atoms with Gasteiger partial charge in [0.1, 0.15) is 11.6 Å². The fourth-order valence-electron chi connectivity index (χ4n) is 3.80. The third-order valence-corrected chi connectivity index (χ3v) is 5.79. The van der Waals surface area contributed by atoms with Crippen LogP contribution in [0.1, 0.15) is 21.7 Å². The van der Waals surface area contributed by atoms with E-state index in [1.807, 2.05) is 0 Å². The number of nitrogens with one attached hydrogen (secondary N) is 1. The maximum absolute atomic E-state index is 13.4. The van der Waals surface area contributed by atoms with Gasteiger partial charge in [0.2, 0.25) is 11.7 Å². The molecule has 0 atom stereocenters. The van der Waals surface area contributed by atoms with Crippen LogP contribution >= 0.6 is 0 Å². The van der Waals surface area contributed by atoms with Gasteiger partial charge >= 0.3 is 11.7 Å². The van der Waals surface area contributed by atoms with Crippen LogP contribution in [0.5, 0.6) is 5.75 Å². The highest BCUT2D eigenvalue weighted by molar-refractivity contribution is 5.88. The van der Waals surface area contributed by atoms with Gasteiger partial charge < -0.3 is 9.15 Å². The molecule has 5 aromatic rings. The lowest BCUT2D eigenvalue weighted by molar-refractivity contribution is 0.0701. The van der Waals surface area contributed by atoms with Crippen molar-refractivity contribution >= 4 is 29.3 Å². The molecule has 0 saturated heterocycles. The Bertz CT molecular complexity index is 1760. The molecule has 0 saturated carbocycles. The first-order chi connectivity index (χ1) is 18.3. The molecule has 0 aliphatic heterocycles. The van der Waals surface area contributed by atoms with Gasteiger partial charge in [0.15, 0.2) is 11.2 Å². The molecule has 38 heavy (non-hydrogen) atoms. The SMILES string of the molecule is Cn1c(=O)c2c(nc(N/N=C\c3ccc(OC(=O)c4ccco4)cc3)n2Cc2ccc(F)cc2)n(C)c1=O. The molecule has 3 aromatic heterocycles. The van der Waals surface area contributed by atoms with Crippen molar-refractivity contribution < 1.29 is 18.3 Å². The predicted octanol–water partition coefficient (Wildman–Crippen LogP) is 2.88. The second kappa shape index (κ2) is 10.0. The van der Waals surface area contributed by atoms with Crippen molar-refractivity contribution in [1.29, 1.82) is 0 Å². The molecule has 5 rings (SSSR count). The van der Waals surface area contributed by atoms with Crippen LogP contribution in [0.2, 0.25) is 0 Å². The molecule has 2 aromatic carbocycles. The van der Waals surface area contributed by atoms with E-state index in [2.05, 4.69) is 15.5 Å². The first-order valence-electron chi connectivity index (χ1n) is 11.4. The fraction of sp³-hybridized carbons (Fsp3) is 0.115. The number of nitrogens with zero attached hydrogens (tertiary/aromatic N) is 5. The summed E-state index contributed by atoms with van der Waals surface area (Å²) >= 11 is 0. The zero-order valence-electron chi connectivity index (χ0n) is 20.3. The summed E-state index contributed by atoms with van der Waals surface area (Å²) in [6.07, 6.45) is 2.89. The molecule has 12 heteroatoms. The second-order valence-electron chi connectivity index (χ2n) is 8.33. The minimum Gasteiger partial charge on any atom is -0.457 e. The Morgan fingerprint density at radius 1 is 1.08 bits per heavy atom. The smallest absolute Gasteiger partial charge is 0.379 e. The number of imidazole rings is 1. The maximum Gasteiger partial charge on any atom is 0.379 e. The standard InChI is InChI=1S/C26H21FN6O5/c1-31-22-21(23(34)32(2)26(31)36)33(15-17-5-9-18(27)10-6-17)25(29-22)30-28-14-16-7-11-19(12-8-16)38-24(35)20-4-3-13-37-20/h3-14H,15H2,1-2H3,(H,29,30)/b28-14-. The minimum absolute atomic E-state index is 0.0932. The Labute approximate surface area is 214 Å². The third kappa shape index (κ3) is 4.74. The number of hydrogen-bond donors (Lipinski definition) is 1. The predicted molar refractivity (Wildman–Crippen MR) is 137 cm³/mol. The maximum atomic E-state index is 13.4. The molecule has 0 unspecified atom stereocenters. The number of benzene rings is 2. The highest BCUT2D eigenvalue weighted by atomic mass is 19.1. The number of furan rings is 1. The zero-order chi connectivity index (χ0) is 26.8. The van der Waals surface area contributed by atoms with E-state index < -0.39 is 17.2 Å². The summed E-state index contributed by atoms with van der Waals surface area (Å²) < 4.78 is 27.5. The Morgan fingerprint density at radius 3 is 2.50 bits per heavy atom. The lowest BCUT2D eigenvalue weighted by Crippen LogP contribution is -2.37. The van der Waals surface area contributed by atoms with Crippen molar-refractivity contribution in [1.82, 2.24) is 18.7 Å². The molecular formula is C26H21FN6O5. The van der Waals surface area contributed by atoms with Gasteiger partial charge in [-0.15, -0.1) is 0 Å². The summed E-state index contributed by atoms with van der Waals surface area (Å²) in [6, 6.07) is 15.5. The van der Waals surface area contributed by atoms with Gasteiger partial charge in [0.05, 0.1) is 19.0 Å². The van der Waals surface area contributed by atoms with Crippen LogP contribution in [0.25, 0.3) is 11.2 Å². The van der Waals surface area contributed by atoms with Crippen molar-refractivity contribution in [3.63, 3.8) is 0 Å². The van der Waals surface area contributed by atoms with E-state index in [4.69, 9.17) is 9.15 Å². The topological polar surface area (TPSA) is 126 Å². The molecule has 0 spiro atoms. The number of carbonyl (C=O) groups excluding carboxylic acids is 1. The lowest BCUT2D eigenvalue weighted by Gasteiger charge is -2.09. The Morgan fingerprint density at radius 2 is 1.82 bits per heavy atom. The van der Waals surface area contributed by atoms with Gasteiger partial charge in [0.25, 0.3) is 5.56 Å². The molecule has 0 radical (unpaired) electrons. The zero-order valence-corrected chi connectivity index (χ0v) is 20.3. The van der Waals surface area contributed by atoms with Crippen LogP contribution in [0, 0.1) is 5.82 Å². The van der Waals surface area contributed by atoms with Crippen LogP contribution in [0.3, 0.4) is 0 Å². The quantitative estimate of drug-likeness (QED) is 0.153. The van der Waals surface area contributed by atoms with E-state index in [9.17, 15) is 18.8 Å². The number of halogens is 1. The van der Waals surface area contributed by atoms with Crippen LogP contribution in [0.15, 0.2) is 86.0 Å². The largest absolute Gasteiger partial charge is 0.457 e. The van der Waals surface area contributed by atoms with Crippen molar-refractivity contribution in [2.75, 3.05) is 5.43 Å². The van der Waals surface area contributed by atoms with Crippen LogP contribution in [0.4, 0.5) is 10.3 Å². The summed E-state index contributed by atoms with van der Waals surface area (Å²) in [4.78, 5) is 41.9. The summed E-state index contributed by atoms with van der Waals surface area (Å²) in [5, 5.41) is 4.22. The van der Waals surface area contributed by atoms with Crippen LogP contribution in [-0.4, -0.2) is 30.9 Å². The average Bonchev–Trinajstić information content (AvgIpc) is 3.58. The van der Waals surface area contributed by atoms with Crippen molar-refractivity contribution in [3.8, 4) is 5.75 Å². The number of ether oxygens (including phenoxy) is 1. The summed E-state index contributed by atoms with van der Waals surface area (Å²) in [5.41, 5.74) is 3.56. The summed E-state index contributed by atoms with van der Waals surface area (Å²) in [5.74, 6) is -0.362. The summed E-state index contributed by atoms with van der Waals surface area (Å²) in [7, 11) is 2.91. The Hall–Kier alpha value is -5.26. The van der Waals surface area contributed by atoms with E-state index in [0.717, 1.165) is 4.57 Å². The molecule has 0 aliphatic carbocycles. The van der Waals surface area contributed by atoms with Gasteiger partial charge in [-0.1, -0.05) is 12.1 Å². The van der Waals surface area contributed by atoms with E-state index in [1.54, 1.807) is 47.0 Å². The molecule has 11 nitrogen and oxygen atoms in total. The Balaban J connectivity index is 1.41. The number of aryl methyl sites for hydroxylation is 1. The van der Waals surface area contributed by atoms with E-state index in [-0.39, 0.29) is 35.2 Å². The molecule has 192 valence electrons. The molecule has 0 aliphatic rings. The molecule has 1 N–H and O–H groups in total. The lowest BCUT2D eigenvalue weighted by atomic mass is 10.2. The van der Waals surface area contributed by atoms with E-state index in [1.165, 1.54) is 49.3 Å². The van der Waals surface area contributed by atoms with Gasteiger partial charge in [-0.3, -0.25) is 18.5 Å². The highest BCUT2D eigenvalue weighted by Crippen LogP contribution is 2.19.